The lowest BCUT2D eigenvalue weighted by Gasteiger charge is -2.20. The summed E-state index contributed by atoms with van der Waals surface area (Å²) in [6.07, 6.45) is -0.394. The van der Waals surface area contributed by atoms with Crippen LogP contribution in [0.3, 0.4) is 0 Å². The molecule has 0 bridgehead atoms. The van der Waals surface area contributed by atoms with Gasteiger partial charge in [0.05, 0.1) is 6.61 Å². The van der Waals surface area contributed by atoms with Gasteiger partial charge in [-0.25, -0.2) is 9.59 Å². The van der Waals surface area contributed by atoms with Crippen LogP contribution in [0, 0.1) is 0 Å². The topological polar surface area (TPSA) is 93.1 Å². The van der Waals surface area contributed by atoms with Gasteiger partial charge in [0, 0.05) is 6.42 Å². The Balaban J connectivity index is 2.87. The van der Waals surface area contributed by atoms with Crippen molar-refractivity contribution in [2.24, 2.45) is 0 Å². The van der Waals surface area contributed by atoms with E-state index >= 15 is 0 Å². The molecule has 0 radical (unpaired) electrons. The summed E-state index contributed by atoms with van der Waals surface area (Å²) in [5, 5.41) is 18.8. The van der Waals surface area contributed by atoms with E-state index in [-0.39, 0.29) is 6.61 Å². The molecule has 0 aliphatic rings. The Bertz CT molecular complexity index is 416. The van der Waals surface area contributed by atoms with Gasteiger partial charge in [0.25, 0.3) is 5.60 Å². The smallest absolute Gasteiger partial charge is 0.385 e. The molecule has 1 atom stereocenters. The van der Waals surface area contributed by atoms with Crippen molar-refractivity contribution in [2.45, 2.75) is 18.9 Å². The van der Waals surface area contributed by atoms with Crippen LogP contribution in [0.2, 0.25) is 0 Å². The van der Waals surface area contributed by atoms with Gasteiger partial charge < -0.3 is 10.2 Å². The van der Waals surface area contributed by atoms with Crippen molar-refractivity contribution in [3.8, 4) is 0 Å². The highest BCUT2D eigenvalue weighted by atomic mass is 17.2. The number of hydrogen-bond acceptors (Lipinski definition) is 5. The Morgan fingerprint density at radius 3 is 2.39 bits per heavy atom. The van der Waals surface area contributed by atoms with Gasteiger partial charge in [-0.15, -0.1) is 0 Å². The highest BCUT2D eigenvalue weighted by molar-refractivity contribution is 6.02. The van der Waals surface area contributed by atoms with E-state index in [1.54, 1.807) is 37.3 Å². The lowest BCUT2D eigenvalue weighted by atomic mass is 9.95. The molecule has 1 aromatic rings. The summed E-state index contributed by atoms with van der Waals surface area (Å²) < 4.78 is 0. The molecule has 1 rings (SSSR count). The highest BCUT2D eigenvalue weighted by Gasteiger charge is 2.47. The number of carbonyl (C=O) groups is 2. The third-order valence-electron chi connectivity index (χ3n) is 2.25. The molecule has 0 aliphatic carbocycles. The van der Waals surface area contributed by atoms with Crippen molar-refractivity contribution >= 4 is 11.9 Å². The third kappa shape index (κ3) is 3.28. The summed E-state index contributed by atoms with van der Waals surface area (Å²) in [5.41, 5.74) is -2.16. The molecule has 0 aliphatic heterocycles. The summed E-state index contributed by atoms with van der Waals surface area (Å²) in [5.74, 6) is -3.03. The molecule has 18 heavy (non-hydrogen) atoms. The van der Waals surface area contributed by atoms with Crippen LogP contribution in [0.15, 0.2) is 30.3 Å². The van der Waals surface area contributed by atoms with Crippen LogP contribution in [0.1, 0.15) is 12.5 Å². The Morgan fingerprint density at radius 2 is 1.89 bits per heavy atom. The van der Waals surface area contributed by atoms with Gasteiger partial charge in [-0.3, -0.25) is 4.89 Å². The Kier molecular flexibility index (Phi) is 4.82. The summed E-state index contributed by atoms with van der Waals surface area (Å²) in [7, 11) is 0. The molecule has 0 saturated carbocycles. The first-order chi connectivity index (χ1) is 8.50. The van der Waals surface area contributed by atoms with E-state index < -0.39 is 24.0 Å². The minimum atomic E-state index is -2.66. The predicted octanol–water partition coefficient (Wildman–Crippen LogP) is 0.540. The van der Waals surface area contributed by atoms with Crippen LogP contribution >= 0.6 is 0 Å². The predicted molar refractivity (Wildman–Crippen MR) is 60.4 cm³/mol. The van der Waals surface area contributed by atoms with E-state index in [1.165, 1.54) is 0 Å². The van der Waals surface area contributed by atoms with Crippen LogP contribution in [-0.4, -0.2) is 34.4 Å². The molecule has 0 fully saturated rings. The van der Waals surface area contributed by atoms with E-state index in [0.717, 1.165) is 0 Å². The number of aliphatic hydroxyl groups is 1. The van der Waals surface area contributed by atoms with Gasteiger partial charge >= 0.3 is 11.9 Å². The third-order valence-corrected chi connectivity index (χ3v) is 2.25. The van der Waals surface area contributed by atoms with E-state index in [0.29, 0.717) is 5.56 Å². The van der Waals surface area contributed by atoms with Gasteiger partial charge in [-0.05, 0) is 12.5 Å². The molecular formula is C12H14O6. The normalized spacial score (nSPS) is 13.7. The van der Waals surface area contributed by atoms with Crippen molar-refractivity contribution in [3.05, 3.63) is 35.9 Å². The lowest BCUT2D eigenvalue weighted by molar-refractivity contribution is -0.282. The number of carboxylic acids is 1. The molecule has 1 unspecified atom stereocenters. The Hall–Kier alpha value is -1.92. The van der Waals surface area contributed by atoms with Crippen LogP contribution in [-0.2, 0) is 25.8 Å². The zero-order valence-corrected chi connectivity index (χ0v) is 9.83. The molecule has 1 aromatic carbocycles. The SMILES string of the molecule is CCOOC(=O)C(O)(Cc1ccccc1)C(=O)O. The fourth-order valence-corrected chi connectivity index (χ4v) is 1.31. The monoisotopic (exact) mass is 254 g/mol. The fraction of sp³-hybridized carbons (Fsp3) is 0.333. The molecule has 0 amide bonds. The van der Waals surface area contributed by atoms with E-state index in [4.69, 9.17) is 5.11 Å². The molecule has 6 nitrogen and oxygen atoms in total. The van der Waals surface area contributed by atoms with Gasteiger partial charge in [0.15, 0.2) is 0 Å². The second-order valence-corrected chi connectivity index (χ2v) is 3.61. The molecule has 0 heterocycles. The zero-order chi connectivity index (χ0) is 13.6. The minimum absolute atomic E-state index is 0.0623. The molecule has 6 heteroatoms. The summed E-state index contributed by atoms with van der Waals surface area (Å²) in [6, 6.07) is 8.28. The standard InChI is InChI=1S/C12H14O6/c1-2-17-18-11(15)12(16,10(13)14)8-9-6-4-3-5-7-9/h3-7,16H,2,8H2,1H3,(H,13,14). The highest BCUT2D eigenvalue weighted by Crippen LogP contribution is 2.16. The quantitative estimate of drug-likeness (QED) is 0.437. The minimum Gasteiger partial charge on any atom is -0.479 e. The van der Waals surface area contributed by atoms with Crippen molar-refractivity contribution < 1.29 is 29.6 Å². The number of hydrogen-bond donors (Lipinski definition) is 2. The molecular weight excluding hydrogens is 240 g/mol. The lowest BCUT2D eigenvalue weighted by Crippen LogP contribution is -2.49. The molecule has 0 saturated heterocycles. The largest absolute Gasteiger partial charge is 0.479 e. The average Bonchev–Trinajstić information content (AvgIpc) is 2.36. The second kappa shape index (κ2) is 6.13. The van der Waals surface area contributed by atoms with Gasteiger partial charge in [-0.2, -0.15) is 4.89 Å². The summed E-state index contributed by atoms with van der Waals surface area (Å²) >= 11 is 0. The van der Waals surface area contributed by atoms with Crippen LogP contribution in [0.25, 0.3) is 0 Å². The first-order valence-electron chi connectivity index (χ1n) is 5.34. The maximum absolute atomic E-state index is 11.5. The molecule has 2 N–H and O–H groups in total. The molecule has 0 aromatic heterocycles. The summed E-state index contributed by atoms with van der Waals surface area (Å²) in [4.78, 5) is 31.1. The number of carboxylic acid groups (broad SMARTS) is 1. The average molecular weight is 254 g/mol. The van der Waals surface area contributed by atoms with Crippen molar-refractivity contribution in [3.63, 3.8) is 0 Å². The fourth-order valence-electron chi connectivity index (χ4n) is 1.31. The van der Waals surface area contributed by atoms with Crippen LogP contribution in [0.4, 0.5) is 0 Å². The van der Waals surface area contributed by atoms with Crippen molar-refractivity contribution in [1.29, 1.82) is 0 Å². The maximum atomic E-state index is 11.5. The maximum Gasteiger partial charge on any atom is 0.385 e. The zero-order valence-electron chi connectivity index (χ0n) is 9.83. The van der Waals surface area contributed by atoms with Crippen LogP contribution in [0.5, 0.6) is 0 Å². The van der Waals surface area contributed by atoms with E-state index in [1.807, 2.05) is 0 Å². The Morgan fingerprint density at radius 1 is 1.28 bits per heavy atom. The van der Waals surface area contributed by atoms with E-state index in [9.17, 15) is 14.7 Å². The molecule has 0 spiro atoms. The first-order valence-corrected chi connectivity index (χ1v) is 5.34. The number of carbonyl (C=O) groups excluding carboxylic acids is 1. The van der Waals surface area contributed by atoms with E-state index in [2.05, 4.69) is 9.78 Å². The van der Waals surface area contributed by atoms with Gasteiger partial charge in [0.1, 0.15) is 0 Å². The number of benzene rings is 1. The second-order valence-electron chi connectivity index (χ2n) is 3.61. The Labute approximate surface area is 104 Å². The van der Waals surface area contributed by atoms with Crippen molar-refractivity contribution in [2.75, 3.05) is 6.61 Å². The molecule has 98 valence electrons. The first kappa shape index (κ1) is 14.1. The van der Waals surface area contributed by atoms with Gasteiger partial charge in [0.2, 0.25) is 0 Å². The van der Waals surface area contributed by atoms with Gasteiger partial charge in [-0.1, -0.05) is 30.3 Å². The number of aliphatic carboxylic acids is 1. The van der Waals surface area contributed by atoms with Crippen molar-refractivity contribution in [1.82, 2.24) is 0 Å². The van der Waals surface area contributed by atoms with Crippen LogP contribution < -0.4 is 0 Å². The summed E-state index contributed by atoms with van der Waals surface area (Å²) in [6.45, 7) is 1.62. The number of rotatable bonds is 6.